The molecule has 0 radical (unpaired) electrons. The van der Waals surface area contributed by atoms with E-state index < -0.39 is 15.7 Å². The fourth-order valence-corrected chi connectivity index (χ4v) is 4.49. The minimum atomic E-state index is -3.94. The Bertz CT molecular complexity index is 947. The quantitative estimate of drug-likeness (QED) is 0.451. The molecule has 8 heteroatoms. The van der Waals surface area contributed by atoms with Gasteiger partial charge in [-0.15, -0.1) is 0 Å². The molecule has 0 N–H and O–H groups in total. The zero-order chi connectivity index (χ0) is 18.0. The highest BCUT2D eigenvalue weighted by molar-refractivity contribution is 8.00. The molecule has 2 heterocycles. The topological polar surface area (TPSA) is 73.3 Å². The number of oxazole rings is 1. The maximum atomic E-state index is 13.1. The predicted octanol–water partition coefficient (Wildman–Crippen LogP) is 4.80. The first-order chi connectivity index (χ1) is 11.9. The van der Waals surface area contributed by atoms with E-state index in [4.69, 9.17) is 8.83 Å². The van der Waals surface area contributed by atoms with Crippen molar-refractivity contribution in [3.05, 3.63) is 48.5 Å². The zero-order valence-electron chi connectivity index (χ0n) is 13.6. The number of halogens is 1. The van der Waals surface area contributed by atoms with E-state index in [9.17, 15) is 12.8 Å². The lowest BCUT2D eigenvalue weighted by atomic mass is 10.4. The molecule has 0 bridgehead atoms. The second kappa shape index (κ2) is 7.05. The molecule has 132 valence electrons. The van der Waals surface area contributed by atoms with Gasteiger partial charge in [-0.25, -0.2) is 12.8 Å². The fourth-order valence-electron chi connectivity index (χ4n) is 2.03. The molecule has 0 saturated heterocycles. The summed E-state index contributed by atoms with van der Waals surface area (Å²) >= 11 is 1.29. The fraction of sp³-hybridized carbons (Fsp3) is 0.235. The largest absolute Gasteiger partial charge is 0.459 e. The van der Waals surface area contributed by atoms with E-state index >= 15 is 0 Å². The van der Waals surface area contributed by atoms with Crippen molar-refractivity contribution in [1.82, 2.24) is 4.98 Å². The summed E-state index contributed by atoms with van der Waals surface area (Å²) in [6, 6.07) is 7.92. The summed E-state index contributed by atoms with van der Waals surface area (Å²) in [4.78, 5) is 4.11. The molecule has 0 unspecified atom stereocenters. The summed E-state index contributed by atoms with van der Waals surface area (Å²) in [6.07, 6.45) is 2.28. The van der Waals surface area contributed by atoms with E-state index in [2.05, 4.69) is 4.98 Å². The average molecular weight is 381 g/mol. The lowest BCUT2D eigenvalue weighted by molar-refractivity contribution is 0.450. The average Bonchev–Trinajstić information content (AvgIpc) is 3.24. The Labute approximate surface area is 149 Å². The Hall–Kier alpha value is -2.06. The monoisotopic (exact) mass is 381 g/mol. The highest BCUT2D eigenvalue weighted by atomic mass is 32.2. The standard InChI is InChI=1S/C17H16FNO4S2/c1-3-11(2)24-17-16(19-15(23-17)14-5-4-10-22-14)25(20,21)13-8-6-12(18)7-9-13/h4-11H,3H2,1-2H3/t11-/m0/s1. The first-order valence-corrected chi connectivity index (χ1v) is 10.00. The lowest BCUT2D eigenvalue weighted by Gasteiger charge is -2.07. The number of hydrogen-bond donors (Lipinski definition) is 0. The van der Waals surface area contributed by atoms with Crippen LogP contribution < -0.4 is 0 Å². The maximum Gasteiger partial charge on any atom is 0.265 e. The van der Waals surface area contributed by atoms with Crippen LogP contribution in [0, 0.1) is 5.82 Å². The Kier molecular flexibility index (Phi) is 5.01. The van der Waals surface area contributed by atoms with Crippen LogP contribution in [0.25, 0.3) is 11.7 Å². The molecule has 25 heavy (non-hydrogen) atoms. The van der Waals surface area contributed by atoms with Crippen molar-refractivity contribution < 1.29 is 21.6 Å². The second-order valence-corrected chi connectivity index (χ2v) is 8.66. The van der Waals surface area contributed by atoms with Gasteiger partial charge in [-0.2, -0.15) is 4.98 Å². The number of thioether (sulfide) groups is 1. The molecule has 1 atom stereocenters. The number of aromatic nitrogens is 1. The Morgan fingerprint density at radius 1 is 1.24 bits per heavy atom. The van der Waals surface area contributed by atoms with Crippen LogP contribution in [0.5, 0.6) is 0 Å². The summed E-state index contributed by atoms with van der Waals surface area (Å²) in [6.45, 7) is 3.96. The number of sulfone groups is 1. The molecule has 0 amide bonds. The molecule has 3 aromatic rings. The number of benzene rings is 1. The molecular weight excluding hydrogens is 365 g/mol. The normalized spacial score (nSPS) is 13.1. The van der Waals surface area contributed by atoms with Crippen molar-refractivity contribution in [2.75, 3.05) is 0 Å². The van der Waals surface area contributed by atoms with Gasteiger partial charge in [-0.3, -0.25) is 0 Å². The van der Waals surface area contributed by atoms with Crippen molar-refractivity contribution in [1.29, 1.82) is 0 Å². The van der Waals surface area contributed by atoms with Crippen LogP contribution in [0.1, 0.15) is 20.3 Å². The molecule has 0 aliphatic rings. The lowest BCUT2D eigenvalue weighted by Crippen LogP contribution is -2.05. The number of hydrogen-bond acceptors (Lipinski definition) is 6. The van der Waals surface area contributed by atoms with Crippen LogP contribution >= 0.6 is 11.8 Å². The molecule has 2 aromatic heterocycles. The van der Waals surface area contributed by atoms with Gasteiger partial charge in [0.15, 0.2) is 5.76 Å². The SMILES string of the molecule is CC[C@H](C)Sc1oc(-c2ccco2)nc1S(=O)(=O)c1ccc(F)cc1. The molecule has 0 aliphatic heterocycles. The van der Waals surface area contributed by atoms with E-state index in [1.165, 1.54) is 30.2 Å². The van der Waals surface area contributed by atoms with Crippen molar-refractivity contribution in [2.45, 2.75) is 40.5 Å². The third-order valence-corrected chi connectivity index (χ3v) is 6.59. The van der Waals surface area contributed by atoms with E-state index in [0.717, 1.165) is 18.6 Å². The van der Waals surface area contributed by atoms with Crippen LogP contribution in [0.3, 0.4) is 0 Å². The highest BCUT2D eigenvalue weighted by Gasteiger charge is 2.30. The molecule has 0 aliphatic carbocycles. The summed E-state index contributed by atoms with van der Waals surface area (Å²) < 4.78 is 49.9. The number of nitrogens with zero attached hydrogens (tertiary/aromatic N) is 1. The molecule has 0 spiro atoms. The van der Waals surface area contributed by atoms with E-state index in [1.54, 1.807) is 12.1 Å². The van der Waals surface area contributed by atoms with Gasteiger partial charge in [0.2, 0.25) is 20.0 Å². The first-order valence-electron chi connectivity index (χ1n) is 7.64. The van der Waals surface area contributed by atoms with Crippen molar-refractivity contribution in [2.24, 2.45) is 0 Å². The van der Waals surface area contributed by atoms with Crippen LogP contribution in [0.15, 0.2) is 66.5 Å². The van der Waals surface area contributed by atoms with Crippen LogP contribution in [-0.4, -0.2) is 18.7 Å². The van der Waals surface area contributed by atoms with Crippen LogP contribution in [0.2, 0.25) is 0 Å². The minimum Gasteiger partial charge on any atom is -0.459 e. The third kappa shape index (κ3) is 3.64. The molecule has 5 nitrogen and oxygen atoms in total. The highest BCUT2D eigenvalue weighted by Crippen LogP contribution is 2.37. The van der Waals surface area contributed by atoms with E-state index in [-0.39, 0.29) is 26.2 Å². The third-order valence-electron chi connectivity index (χ3n) is 3.56. The second-order valence-electron chi connectivity index (χ2n) is 5.38. The smallest absolute Gasteiger partial charge is 0.265 e. The van der Waals surface area contributed by atoms with Gasteiger partial charge in [0.05, 0.1) is 11.2 Å². The van der Waals surface area contributed by atoms with Gasteiger partial charge in [-0.1, -0.05) is 25.6 Å². The minimum absolute atomic E-state index is 0.0424. The number of furan rings is 1. The Balaban J connectivity index is 2.10. The van der Waals surface area contributed by atoms with E-state index in [0.29, 0.717) is 5.76 Å². The molecule has 3 rings (SSSR count). The predicted molar refractivity (Wildman–Crippen MR) is 91.7 cm³/mol. The van der Waals surface area contributed by atoms with Gasteiger partial charge >= 0.3 is 0 Å². The molecule has 1 aromatic carbocycles. The van der Waals surface area contributed by atoms with Crippen LogP contribution in [-0.2, 0) is 9.84 Å². The summed E-state index contributed by atoms with van der Waals surface area (Å²) in [7, 11) is -3.94. The molecular formula is C17H16FNO4S2. The Morgan fingerprint density at radius 2 is 1.96 bits per heavy atom. The molecule has 0 saturated carbocycles. The van der Waals surface area contributed by atoms with E-state index in [1.807, 2.05) is 13.8 Å². The Morgan fingerprint density at radius 3 is 2.56 bits per heavy atom. The van der Waals surface area contributed by atoms with Gasteiger partial charge < -0.3 is 8.83 Å². The zero-order valence-corrected chi connectivity index (χ0v) is 15.2. The van der Waals surface area contributed by atoms with Crippen molar-refractivity contribution >= 4 is 21.6 Å². The van der Waals surface area contributed by atoms with Gasteiger partial charge in [0, 0.05) is 5.25 Å². The summed E-state index contributed by atoms with van der Waals surface area (Å²) in [5.41, 5.74) is 0. The summed E-state index contributed by atoms with van der Waals surface area (Å²) in [5, 5.41) is 0.153. The number of rotatable bonds is 6. The van der Waals surface area contributed by atoms with Gasteiger partial charge in [0.25, 0.3) is 5.89 Å². The maximum absolute atomic E-state index is 13.1. The van der Waals surface area contributed by atoms with Gasteiger partial charge in [0.1, 0.15) is 5.82 Å². The summed E-state index contributed by atoms with van der Waals surface area (Å²) in [5.74, 6) is -0.0763. The van der Waals surface area contributed by atoms with Crippen molar-refractivity contribution in [3.63, 3.8) is 0 Å². The van der Waals surface area contributed by atoms with Gasteiger partial charge in [-0.05, 0) is 42.8 Å². The first kappa shape index (κ1) is 17.8. The van der Waals surface area contributed by atoms with Crippen LogP contribution in [0.4, 0.5) is 4.39 Å². The molecule has 0 fully saturated rings. The van der Waals surface area contributed by atoms with Crippen molar-refractivity contribution in [3.8, 4) is 11.7 Å².